The van der Waals surface area contributed by atoms with E-state index in [-0.39, 0.29) is 12.4 Å². The molecule has 6 heteroatoms. The summed E-state index contributed by atoms with van der Waals surface area (Å²) in [6.45, 7) is 1.97. The van der Waals surface area contributed by atoms with Crippen molar-refractivity contribution in [3.63, 3.8) is 0 Å². The minimum absolute atomic E-state index is 0. The van der Waals surface area contributed by atoms with Crippen LogP contribution in [0.25, 0.3) is 0 Å². The van der Waals surface area contributed by atoms with Crippen molar-refractivity contribution in [3.05, 3.63) is 16.1 Å². The fourth-order valence-electron chi connectivity index (χ4n) is 0.757. The van der Waals surface area contributed by atoms with Gasteiger partial charge in [0, 0.05) is 5.38 Å². The van der Waals surface area contributed by atoms with E-state index in [0.29, 0.717) is 5.69 Å². The highest BCUT2D eigenvalue weighted by Gasteiger charge is 2.16. The van der Waals surface area contributed by atoms with Crippen molar-refractivity contribution in [2.24, 2.45) is 5.73 Å². The fourth-order valence-corrected chi connectivity index (χ4v) is 1.54. The van der Waals surface area contributed by atoms with Gasteiger partial charge in [-0.15, -0.1) is 23.7 Å². The predicted octanol–water partition coefficient (Wildman–Crippen LogP) is 1.21. The lowest BCUT2D eigenvalue weighted by molar-refractivity contribution is -0.138. The van der Waals surface area contributed by atoms with E-state index in [1.807, 2.05) is 6.92 Å². The molecule has 74 valence electrons. The molecule has 0 radical (unpaired) electrons. The Kier molecular flexibility index (Phi) is 4.90. The number of carboxylic acid groups (broad SMARTS) is 1. The SMILES string of the molecule is CCc1nc(C(N)C(=O)O)cs1.Cl. The minimum atomic E-state index is -1.04. The zero-order chi connectivity index (χ0) is 9.14. The number of hydrogen-bond donors (Lipinski definition) is 2. The van der Waals surface area contributed by atoms with Gasteiger partial charge in [0.05, 0.1) is 10.7 Å². The van der Waals surface area contributed by atoms with Crippen LogP contribution in [0.1, 0.15) is 23.7 Å². The molecule has 13 heavy (non-hydrogen) atoms. The average molecular weight is 223 g/mol. The van der Waals surface area contributed by atoms with Crippen molar-refractivity contribution in [2.75, 3.05) is 0 Å². The highest BCUT2D eigenvalue weighted by Crippen LogP contribution is 2.15. The van der Waals surface area contributed by atoms with Gasteiger partial charge in [-0.1, -0.05) is 6.92 Å². The number of aliphatic carboxylic acids is 1. The molecule has 0 saturated heterocycles. The van der Waals surface area contributed by atoms with Gasteiger partial charge in [-0.2, -0.15) is 0 Å². The van der Waals surface area contributed by atoms with E-state index in [1.54, 1.807) is 5.38 Å². The molecular formula is C7H11ClN2O2S. The standard InChI is InChI=1S/C7H10N2O2S.ClH/c1-2-5-9-4(3-12-5)6(8)7(10)11;/h3,6H,2,8H2,1H3,(H,10,11);1H. The molecule has 1 atom stereocenters. The van der Waals surface area contributed by atoms with Crippen LogP contribution in [0.4, 0.5) is 0 Å². The lowest BCUT2D eigenvalue weighted by Crippen LogP contribution is -2.20. The summed E-state index contributed by atoms with van der Waals surface area (Å²) in [7, 11) is 0. The Morgan fingerprint density at radius 2 is 2.46 bits per heavy atom. The largest absolute Gasteiger partial charge is 0.480 e. The van der Waals surface area contributed by atoms with E-state index in [9.17, 15) is 4.79 Å². The third-order valence-corrected chi connectivity index (χ3v) is 2.47. The van der Waals surface area contributed by atoms with Gasteiger partial charge in [0.2, 0.25) is 0 Å². The Labute approximate surface area is 86.2 Å². The molecule has 1 rings (SSSR count). The van der Waals surface area contributed by atoms with Gasteiger partial charge in [0.1, 0.15) is 6.04 Å². The van der Waals surface area contributed by atoms with Crippen LogP contribution >= 0.6 is 23.7 Å². The first-order valence-electron chi connectivity index (χ1n) is 3.57. The lowest BCUT2D eigenvalue weighted by atomic mass is 10.2. The monoisotopic (exact) mass is 222 g/mol. The smallest absolute Gasteiger partial charge is 0.326 e. The number of carboxylic acids is 1. The molecule has 1 aromatic heterocycles. The Balaban J connectivity index is 0.00000144. The number of nitrogens with zero attached hydrogens (tertiary/aromatic N) is 1. The van der Waals surface area contributed by atoms with Gasteiger partial charge < -0.3 is 10.8 Å². The first-order valence-corrected chi connectivity index (χ1v) is 4.45. The molecule has 0 aliphatic heterocycles. The topological polar surface area (TPSA) is 76.2 Å². The summed E-state index contributed by atoms with van der Waals surface area (Å²) < 4.78 is 0. The number of nitrogens with two attached hydrogens (primary N) is 1. The molecule has 0 spiro atoms. The second-order valence-corrected chi connectivity index (χ2v) is 3.28. The fraction of sp³-hybridized carbons (Fsp3) is 0.429. The molecule has 1 aromatic rings. The van der Waals surface area contributed by atoms with Crippen LogP contribution in [0.15, 0.2) is 5.38 Å². The Bertz CT molecular complexity index is 290. The Morgan fingerprint density at radius 3 is 2.85 bits per heavy atom. The first kappa shape index (κ1) is 12.3. The number of halogens is 1. The molecular weight excluding hydrogens is 212 g/mol. The van der Waals surface area contributed by atoms with Crippen molar-refractivity contribution in [1.82, 2.24) is 4.98 Å². The quantitative estimate of drug-likeness (QED) is 0.806. The van der Waals surface area contributed by atoms with Crippen LogP contribution in [0.5, 0.6) is 0 Å². The minimum Gasteiger partial charge on any atom is -0.480 e. The number of carbonyl (C=O) groups is 1. The van der Waals surface area contributed by atoms with E-state index >= 15 is 0 Å². The third kappa shape index (κ3) is 2.95. The van der Waals surface area contributed by atoms with Crippen molar-refractivity contribution in [2.45, 2.75) is 19.4 Å². The number of aryl methyl sites for hydroxylation is 1. The van der Waals surface area contributed by atoms with Gasteiger partial charge in [-0.25, -0.2) is 4.98 Å². The molecule has 0 bridgehead atoms. The van der Waals surface area contributed by atoms with Crippen LogP contribution in [-0.4, -0.2) is 16.1 Å². The Morgan fingerprint density at radius 1 is 1.85 bits per heavy atom. The van der Waals surface area contributed by atoms with Gasteiger partial charge in [0.25, 0.3) is 0 Å². The highest BCUT2D eigenvalue weighted by molar-refractivity contribution is 7.09. The van der Waals surface area contributed by atoms with E-state index in [4.69, 9.17) is 10.8 Å². The van der Waals surface area contributed by atoms with Crippen molar-refractivity contribution >= 4 is 29.7 Å². The van der Waals surface area contributed by atoms with Crippen LogP contribution in [-0.2, 0) is 11.2 Å². The highest BCUT2D eigenvalue weighted by atomic mass is 35.5. The van der Waals surface area contributed by atoms with Crippen LogP contribution in [0.2, 0.25) is 0 Å². The van der Waals surface area contributed by atoms with E-state index in [1.165, 1.54) is 11.3 Å². The summed E-state index contributed by atoms with van der Waals surface area (Å²) in [5.74, 6) is -1.04. The zero-order valence-electron chi connectivity index (χ0n) is 7.06. The van der Waals surface area contributed by atoms with Gasteiger partial charge in [-0.05, 0) is 6.42 Å². The summed E-state index contributed by atoms with van der Waals surface area (Å²) in [6.07, 6.45) is 0.816. The molecule has 1 unspecified atom stereocenters. The number of thiazole rings is 1. The number of aromatic nitrogens is 1. The number of rotatable bonds is 3. The zero-order valence-corrected chi connectivity index (χ0v) is 8.69. The maximum atomic E-state index is 10.4. The van der Waals surface area contributed by atoms with Crippen molar-refractivity contribution < 1.29 is 9.90 Å². The average Bonchev–Trinajstić information content (AvgIpc) is 2.50. The molecule has 0 aliphatic carbocycles. The van der Waals surface area contributed by atoms with Crippen LogP contribution < -0.4 is 5.73 Å². The molecule has 3 N–H and O–H groups in total. The molecule has 0 fully saturated rings. The second-order valence-electron chi connectivity index (χ2n) is 2.34. The normalized spacial score (nSPS) is 11.8. The van der Waals surface area contributed by atoms with Crippen LogP contribution in [0, 0.1) is 0 Å². The summed E-state index contributed by atoms with van der Waals surface area (Å²) in [5.41, 5.74) is 5.80. The van der Waals surface area contributed by atoms with Gasteiger partial charge in [-0.3, -0.25) is 4.79 Å². The van der Waals surface area contributed by atoms with Gasteiger partial charge >= 0.3 is 5.97 Å². The molecule has 0 aliphatic rings. The van der Waals surface area contributed by atoms with Crippen molar-refractivity contribution in [3.8, 4) is 0 Å². The lowest BCUT2D eigenvalue weighted by Gasteiger charge is -1.99. The number of hydrogen-bond acceptors (Lipinski definition) is 4. The summed E-state index contributed by atoms with van der Waals surface area (Å²) in [4.78, 5) is 14.5. The maximum absolute atomic E-state index is 10.4. The molecule has 0 aromatic carbocycles. The summed E-state index contributed by atoms with van der Waals surface area (Å²) in [6, 6.07) is -0.985. The van der Waals surface area contributed by atoms with E-state index < -0.39 is 12.0 Å². The predicted molar refractivity (Wildman–Crippen MR) is 53.3 cm³/mol. The third-order valence-electron chi connectivity index (χ3n) is 1.46. The molecule has 1 heterocycles. The Hall–Kier alpha value is -0.650. The van der Waals surface area contributed by atoms with Crippen LogP contribution in [0.3, 0.4) is 0 Å². The van der Waals surface area contributed by atoms with Gasteiger partial charge in [0.15, 0.2) is 0 Å². The maximum Gasteiger partial charge on any atom is 0.326 e. The molecule has 0 amide bonds. The van der Waals surface area contributed by atoms with E-state index in [0.717, 1.165) is 11.4 Å². The summed E-state index contributed by atoms with van der Waals surface area (Å²) >= 11 is 1.44. The molecule has 4 nitrogen and oxygen atoms in total. The van der Waals surface area contributed by atoms with Crippen molar-refractivity contribution in [1.29, 1.82) is 0 Å². The van der Waals surface area contributed by atoms with E-state index in [2.05, 4.69) is 4.98 Å². The molecule has 0 saturated carbocycles. The summed E-state index contributed by atoms with van der Waals surface area (Å²) in [5, 5.41) is 11.2. The first-order chi connectivity index (χ1) is 5.65. The second kappa shape index (κ2) is 5.16.